The molecule has 3 heterocycles. The van der Waals surface area contributed by atoms with Gasteiger partial charge < -0.3 is 29.1 Å². The zero-order valence-corrected chi connectivity index (χ0v) is 28.9. The third-order valence-electron chi connectivity index (χ3n) is 7.27. The third kappa shape index (κ3) is 7.90. The smallest absolute Gasteiger partial charge is 0.408 e. The lowest BCUT2D eigenvalue weighted by molar-refractivity contribution is -0.116. The number of carbonyl (C=O) groups is 3. The van der Waals surface area contributed by atoms with Crippen molar-refractivity contribution in [3.63, 3.8) is 0 Å². The Hall–Kier alpha value is -5.05. The molecule has 0 aliphatic carbocycles. The van der Waals surface area contributed by atoms with Gasteiger partial charge in [0, 0.05) is 29.5 Å². The third-order valence-corrected chi connectivity index (χ3v) is 8.05. The summed E-state index contributed by atoms with van der Waals surface area (Å²) in [5, 5.41) is 20.6. The molecule has 0 saturated carbocycles. The number of aromatic nitrogens is 6. The van der Waals surface area contributed by atoms with Crippen LogP contribution in [0, 0.1) is 0 Å². The fourth-order valence-corrected chi connectivity index (χ4v) is 5.69. The van der Waals surface area contributed by atoms with Crippen molar-refractivity contribution < 1.29 is 28.3 Å². The Morgan fingerprint density at radius 2 is 1.85 bits per heavy atom. The number of nitrogens with one attached hydrogen (secondary N) is 3. The van der Waals surface area contributed by atoms with E-state index in [1.165, 1.54) is 7.11 Å². The average molecular weight is 722 g/mol. The highest BCUT2D eigenvalue weighted by molar-refractivity contribution is 9.10. The van der Waals surface area contributed by atoms with E-state index in [1.807, 2.05) is 47.0 Å². The molecule has 0 spiro atoms. The number of aromatic amines is 1. The maximum absolute atomic E-state index is 13.2. The number of halogens is 1. The summed E-state index contributed by atoms with van der Waals surface area (Å²) in [6, 6.07) is 13.5. The second-order valence-corrected chi connectivity index (χ2v) is 12.8. The van der Waals surface area contributed by atoms with Crippen molar-refractivity contribution in [3.05, 3.63) is 64.0 Å². The van der Waals surface area contributed by atoms with Gasteiger partial charge in [-0.15, -0.1) is 5.10 Å². The van der Waals surface area contributed by atoms with Crippen molar-refractivity contribution in [2.24, 2.45) is 0 Å². The number of methoxy groups -OCH3 is 1. The maximum atomic E-state index is 13.2. The molecule has 15 heteroatoms. The molecule has 0 radical (unpaired) electrons. The van der Waals surface area contributed by atoms with Crippen molar-refractivity contribution in [1.82, 2.24) is 35.5 Å². The molecule has 252 valence electrons. The summed E-state index contributed by atoms with van der Waals surface area (Å²) >= 11 is 3.75. The van der Waals surface area contributed by atoms with Crippen molar-refractivity contribution in [2.45, 2.75) is 59.1 Å². The minimum atomic E-state index is -0.693. The quantitative estimate of drug-likeness (QED) is 0.123. The van der Waals surface area contributed by atoms with Crippen molar-refractivity contribution in [3.8, 4) is 22.7 Å². The second kappa shape index (κ2) is 14.8. The summed E-state index contributed by atoms with van der Waals surface area (Å²) < 4.78 is 19.2. The molecular weight excluding hydrogens is 684 g/mol. The van der Waals surface area contributed by atoms with Gasteiger partial charge in [0.1, 0.15) is 22.8 Å². The molecule has 0 aliphatic rings. The summed E-state index contributed by atoms with van der Waals surface area (Å²) in [4.78, 5) is 42.5. The summed E-state index contributed by atoms with van der Waals surface area (Å²) in [5.74, 6) is 1.10. The number of unbranched alkanes of at least 4 members (excludes halogenated alkanes) is 1. The molecule has 5 aromatic rings. The molecular formula is C33H37BrN8O6. The lowest BCUT2D eigenvalue weighted by Crippen LogP contribution is -2.37. The van der Waals surface area contributed by atoms with E-state index in [9.17, 15) is 14.4 Å². The number of ketones is 1. The van der Waals surface area contributed by atoms with Gasteiger partial charge in [-0.1, -0.05) is 43.7 Å². The van der Waals surface area contributed by atoms with Gasteiger partial charge in [0.15, 0.2) is 23.1 Å². The normalized spacial score (nSPS) is 11.5. The lowest BCUT2D eigenvalue weighted by atomic mass is 10.0. The Labute approximate surface area is 285 Å². The monoisotopic (exact) mass is 720 g/mol. The van der Waals surface area contributed by atoms with E-state index in [2.05, 4.69) is 54.1 Å². The predicted octanol–water partition coefficient (Wildman–Crippen LogP) is 5.92. The molecule has 3 N–H and O–H groups in total. The molecule has 1 amide bonds. The Balaban J connectivity index is 1.43. The summed E-state index contributed by atoms with van der Waals surface area (Å²) in [6.45, 7) is 7.16. The van der Waals surface area contributed by atoms with E-state index in [4.69, 9.17) is 18.9 Å². The molecule has 5 rings (SSSR count). The number of anilines is 1. The van der Waals surface area contributed by atoms with Gasteiger partial charge in [0.05, 0.1) is 24.7 Å². The lowest BCUT2D eigenvalue weighted by Gasteiger charge is -2.19. The fourth-order valence-electron chi connectivity index (χ4n) is 5.08. The molecule has 14 nitrogen and oxygen atoms in total. The number of hydrogen-bond donors (Lipinski definition) is 3. The van der Waals surface area contributed by atoms with E-state index in [1.54, 1.807) is 20.8 Å². The van der Waals surface area contributed by atoms with Gasteiger partial charge in [-0.05, 0) is 71.2 Å². The fraction of sp³-hybridized carbons (Fsp3) is 0.364. The first-order valence-electron chi connectivity index (χ1n) is 15.4. The predicted molar refractivity (Wildman–Crippen MR) is 182 cm³/mol. The van der Waals surface area contributed by atoms with Crippen LogP contribution in [0.25, 0.3) is 33.7 Å². The van der Waals surface area contributed by atoms with E-state index in [0.29, 0.717) is 36.0 Å². The number of nitrogens with zero attached hydrogens (tertiary/aromatic N) is 5. The van der Waals surface area contributed by atoms with Gasteiger partial charge in [-0.3, -0.25) is 4.79 Å². The van der Waals surface area contributed by atoms with Crippen LogP contribution in [-0.4, -0.2) is 73.8 Å². The Morgan fingerprint density at radius 3 is 2.54 bits per heavy atom. The van der Waals surface area contributed by atoms with Crippen LogP contribution in [0.2, 0.25) is 0 Å². The highest BCUT2D eigenvalue weighted by Gasteiger charge is 2.26. The van der Waals surface area contributed by atoms with Crippen molar-refractivity contribution >= 4 is 50.6 Å². The number of esters is 1. The molecule has 0 bridgehead atoms. The Kier molecular flexibility index (Phi) is 10.6. The minimum Gasteiger partial charge on any atom is -0.464 e. The standard InChI is InChI=1S/C33H37BrN8O6/c1-6-7-12-25-37-30(35-16-20(43)17-36-32(45)48-33(2,3)4)27(31(44)46-5)42(25)18-19-13-14-24-23(15-19)26(34)28(47-24)21-10-8-9-11-22(21)29-38-40-41-39-29/h8-11,13-15,35H,6-7,12,16-18H2,1-5H3,(H,36,45)(H,38,39,40,41). The van der Waals surface area contributed by atoms with E-state index < -0.39 is 17.7 Å². The number of rotatable bonds is 13. The summed E-state index contributed by atoms with van der Waals surface area (Å²) in [7, 11) is 1.30. The van der Waals surface area contributed by atoms with Crippen LogP contribution < -0.4 is 10.6 Å². The number of aryl methyl sites for hydroxylation is 1. The number of H-pyrrole nitrogens is 1. The van der Waals surface area contributed by atoms with Crippen LogP contribution in [0.4, 0.5) is 10.6 Å². The first kappa shape index (κ1) is 34.3. The maximum Gasteiger partial charge on any atom is 0.408 e. The average Bonchev–Trinajstić information content (AvgIpc) is 3.79. The summed E-state index contributed by atoms with van der Waals surface area (Å²) in [6.07, 6.45) is 1.67. The number of carbonyl (C=O) groups excluding carboxylic acids is 3. The van der Waals surface area contributed by atoms with E-state index in [0.717, 1.165) is 39.4 Å². The molecule has 2 aromatic carbocycles. The Bertz CT molecular complexity index is 1930. The number of imidazole rings is 1. The number of fused-ring (bicyclic) bond motifs is 1. The number of tetrazole rings is 1. The molecule has 3 aromatic heterocycles. The SMILES string of the molecule is CCCCc1nc(NCC(=O)CNC(=O)OC(C)(C)C)c(C(=O)OC)n1Cc1ccc2oc(-c3ccccc3-c3nnn[nH]3)c(Br)c2c1. The van der Waals surface area contributed by atoms with Crippen LogP contribution in [-0.2, 0) is 27.2 Å². The van der Waals surface area contributed by atoms with Crippen LogP contribution >= 0.6 is 15.9 Å². The summed E-state index contributed by atoms with van der Waals surface area (Å²) in [5.41, 5.74) is 2.63. The number of benzene rings is 2. The first-order chi connectivity index (χ1) is 23.0. The van der Waals surface area contributed by atoms with Gasteiger partial charge in [-0.25, -0.2) is 19.7 Å². The van der Waals surface area contributed by atoms with Crippen LogP contribution in [0.3, 0.4) is 0 Å². The van der Waals surface area contributed by atoms with Crippen molar-refractivity contribution in [2.75, 3.05) is 25.5 Å². The molecule has 0 aliphatic heterocycles. The molecule has 0 unspecified atom stereocenters. The highest BCUT2D eigenvalue weighted by Crippen LogP contribution is 2.41. The van der Waals surface area contributed by atoms with Crippen LogP contribution in [0.5, 0.6) is 0 Å². The van der Waals surface area contributed by atoms with Crippen LogP contribution in [0.15, 0.2) is 51.4 Å². The van der Waals surface area contributed by atoms with E-state index in [-0.39, 0.29) is 30.4 Å². The van der Waals surface area contributed by atoms with Gasteiger partial charge in [-0.2, -0.15) is 0 Å². The number of alkyl carbamates (subject to hydrolysis) is 1. The van der Waals surface area contributed by atoms with Crippen LogP contribution in [0.1, 0.15) is 62.4 Å². The number of amides is 1. The van der Waals surface area contributed by atoms with E-state index >= 15 is 0 Å². The second-order valence-electron chi connectivity index (χ2n) is 12.0. The van der Waals surface area contributed by atoms with Gasteiger partial charge >= 0.3 is 12.1 Å². The highest BCUT2D eigenvalue weighted by atomic mass is 79.9. The Morgan fingerprint density at radius 1 is 1.08 bits per heavy atom. The zero-order chi connectivity index (χ0) is 34.4. The largest absolute Gasteiger partial charge is 0.464 e. The molecule has 48 heavy (non-hydrogen) atoms. The number of ether oxygens (including phenoxy) is 2. The first-order valence-corrected chi connectivity index (χ1v) is 16.2. The molecule has 0 saturated heterocycles. The molecule has 0 fully saturated rings. The van der Waals surface area contributed by atoms with Gasteiger partial charge in [0.2, 0.25) is 0 Å². The number of hydrogen-bond acceptors (Lipinski definition) is 11. The number of furan rings is 1. The van der Waals surface area contributed by atoms with Crippen molar-refractivity contribution in [1.29, 1.82) is 0 Å². The topological polar surface area (TPSA) is 179 Å². The minimum absolute atomic E-state index is 0.174. The number of Topliss-reactive ketones (excluding diaryl/α,β-unsaturated/α-hetero) is 1. The zero-order valence-electron chi connectivity index (χ0n) is 27.3. The molecule has 0 atom stereocenters. The van der Waals surface area contributed by atoms with Gasteiger partial charge in [0.25, 0.3) is 0 Å².